The first-order valence-corrected chi connectivity index (χ1v) is 5.46. The van der Waals surface area contributed by atoms with Crippen LogP contribution in [0.3, 0.4) is 0 Å². The van der Waals surface area contributed by atoms with Gasteiger partial charge in [-0.05, 0) is 6.07 Å². The van der Waals surface area contributed by atoms with Crippen molar-refractivity contribution in [1.82, 2.24) is 10.6 Å². The Hall–Kier alpha value is -1.96. The van der Waals surface area contributed by atoms with E-state index in [9.17, 15) is 18.0 Å². The molecule has 5 nitrogen and oxygen atoms in total. The largest absolute Gasteiger partial charge is 0.573 e. The van der Waals surface area contributed by atoms with Gasteiger partial charge in [0.25, 0.3) is 0 Å². The van der Waals surface area contributed by atoms with Crippen LogP contribution in [0.2, 0.25) is 0 Å². The van der Waals surface area contributed by atoms with Gasteiger partial charge in [0.15, 0.2) is 0 Å². The van der Waals surface area contributed by atoms with Crippen molar-refractivity contribution < 1.29 is 22.7 Å². The number of alkyl halides is 3. The number of halogens is 3. The molecule has 0 radical (unpaired) electrons. The summed E-state index contributed by atoms with van der Waals surface area (Å²) >= 11 is 0. The van der Waals surface area contributed by atoms with Gasteiger partial charge in [-0.3, -0.25) is 0 Å². The zero-order valence-electron chi connectivity index (χ0n) is 9.96. The number of hydrogen-bond donors (Lipinski definition) is 3. The van der Waals surface area contributed by atoms with E-state index in [0.717, 1.165) is 0 Å². The summed E-state index contributed by atoms with van der Waals surface area (Å²) in [4.78, 5) is 10.4. The fourth-order valence-corrected chi connectivity index (χ4v) is 1.37. The Bertz CT molecular complexity index is 424. The first-order chi connectivity index (χ1) is 8.88. The van der Waals surface area contributed by atoms with Gasteiger partial charge in [-0.2, -0.15) is 0 Å². The molecule has 0 bridgehead atoms. The molecule has 106 valence electrons. The zero-order chi connectivity index (χ0) is 14.3. The van der Waals surface area contributed by atoms with Crippen LogP contribution >= 0.6 is 0 Å². The van der Waals surface area contributed by atoms with Crippen molar-refractivity contribution in [2.24, 2.45) is 5.73 Å². The van der Waals surface area contributed by atoms with Crippen LogP contribution in [0.1, 0.15) is 5.56 Å². The summed E-state index contributed by atoms with van der Waals surface area (Å²) in [6.45, 7) is 0.855. The zero-order valence-corrected chi connectivity index (χ0v) is 9.96. The van der Waals surface area contributed by atoms with Gasteiger partial charge >= 0.3 is 12.4 Å². The van der Waals surface area contributed by atoms with Crippen molar-refractivity contribution in [2.45, 2.75) is 12.9 Å². The Kier molecular flexibility index (Phi) is 5.43. The molecule has 19 heavy (non-hydrogen) atoms. The van der Waals surface area contributed by atoms with Crippen LogP contribution in [-0.4, -0.2) is 25.5 Å². The van der Waals surface area contributed by atoms with Crippen LogP contribution in [0.5, 0.6) is 5.75 Å². The van der Waals surface area contributed by atoms with Crippen LogP contribution < -0.4 is 21.1 Å². The highest BCUT2D eigenvalue weighted by Gasteiger charge is 2.31. The topological polar surface area (TPSA) is 76.4 Å². The first kappa shape index (κ1) is 15.1. The van der Waals surface area contributed by atoms with Crippen molar-refractivity contribution in [3.63, 3.8) is 0 Å². The lowest BCUT2D eigenvalue weighted by atomic mass is 10.2. The molecule has 0 saturated heterocycles. The maximum Gasteiger partial charge on any atom is 0.573 e. The molecule has 0 aliphatic heterocycles. The Morgan fingerprint density at radius 2 is 1.95 bits per heavy atom. The van der Waals surface area contributed by atoms with Gasteiger partial charge in [0, 0.05) is 25.2 Å². The first-order valence-electron chi connectivity index (χ1n) is 5.46. The SMILES string of the molecule is NC(=O)NCCNCc1ccccc1OC(F)(F)F. The third-order valence-corrected chi connectivity index (χ3v) is 2.11. The minimum absolute atomic E-state index is 0.187. The monoisotopic (exact) mass is 277 g/mol. The molecule has 0 heterocycles. The number of para-hydroxylation sites is 1. The standard InChI is InChI=1S/C11H14F3N3O2/c12-11(13,14)19-9-4-2-1-3-8(9)7-16-5-6-17-10(15)18/h1-4,16H,5-7H2,(H3,15,17,18). The van der Waals surface area contributed by atoms with Crippen LogP contribution in [0.25, 0.3) is 0 Å². The maximum absolute atomic E-state index is 12.1. The Morgan fingerprint density at radius 1 is 1.26 bits per heavy atom. The molecule has 0 fully saturated rings. The van der Waals surface area contributed by atoms with Crippen molar-refractivity contribution in [3.8, 4) is 5.75 Å². The molecule has 2 amide bonds. The normalized spacial score (nSPS) is 11.1. The van der Waals surface area contributed by atoms with E-state index in [0.29, 0.717) is 12.1 Å². The van der Waals surface area contributed by atoms with E-state index in [2.05, 4.69) is 15.4 Å². The van der Waals surface area contributed by atoms with Crippen molar-refractivity contribution in [1.29, 1.82) is 0 Å². The number of nitrogens with two attached hydrogens (primary N) is 1. The third kappa shape index (κ3) is 6.51. The second-order valence-electron chi connectivity index (χ2n) is 3.62. The summed E-state index contributed by atoms with van der Waals surface area (Å²) in [6.07, 6.45) is -4.72. The minimum atomic E-state index is -4.72. The summed E-state index contributed by atoms with van der Waals surface area (Å²) in [5.41, 5.74) is 5.23. The molecular formula is C11H14F3N3O2. The number of carbonyl (C=O) groups is 1. The predicted molar refractivity (Wildman–Crippen MR) is 62.4 cm³/mol. The highest BCUT2D eigenvalue weighted by atomic mass is 19.4. The smallest absolute Gasteiger partial charge is 0.405 e. The van der Waals surface area contributed by atoms with Gasteiger partial charge in [-0.1, -0.05) is 18.2 Å². The summed E-state index contributed by atoms with van der Waals surface area (Å²) < 4.78 is 40.3. The molecule has 0 aromatic heterocycles. The molecule has 0 atom stereocenters. The Labute approximate surface area is 107 Å². The number of nitrogens with one attached hydrogen (secondary N) is 2. The van der Waals surface area contributed by atoms with E-state index in [-0.39, 0.29) is 18.8 Å². The van der Waals surface area contributed by atoms with E-state index >= 15 is 0 Å². The van der Waals surface area contributed by atoms with E-state index in [1.165, 1.54) is 18.2 Å². The Balaban J connectivity index is 2.47. The Morgan fingerprint density at radius 3 is 2.58 bits per heavy atom. The average Bonchev–Trinajstić information content (AvgIpc) is 2.28. The number of amides is 2. The molecular weight excluding hydrogens is 263 g/mol. The van der Waals surface area contributed by atoms with Gasteiger partial charge in [0.05, 0.1) is 0 Å². The minimum Gasteiger partial charge on any atom is -0.405 e. The number of rotatable bonds is 6. The fourth-order valence-electron chi connectivity index (χ4n) is 1.37. The van der Waals surface area contributed by atoms with Gasteiger partial charge in [0.1, 0.15) is 5.75 Å². The molecule has 1 aromatic carbocycles. The molecule has 0 aliphatic rings. The van der Waals surface area contributed by atoms with Gasteiger partial charge in [0.2, 0.25) is 0 Å². The highest BCUT2D eigenvalue weighted by molar-refractivity contribution is 5.71. The van der Waals surface area contributed by atoms with Crippen LogP contribution in [0.15, 0.2) is 24.3 Å². The second kappa shape index (κ2) is 6.83. The third-order valence-electron chi connectivity index (χ3n) is 2.11. The maximum atomic E-state index is 12.1. The van der Waals surface area contributed by atoms with Gasteiger partial charge in [-0.25, -0.2) is 4.79 Å². The van der Waals surface area contributed by atoms with E-state index in [1.807, 2.05) is 0 Å². The van der Waals surface area contributed by atoms with E-state index in [4.69, 9.17) is 5.73 Å². The molecule has 0 aliphatic carbocycles. The summed E-state index contributed by atoms with van der Waals surface area (Å²) in [5, 5.41) is 5.22. The molecule has 1 aromatic rings. The summed E-state index contributed by atoms with van der Waals surface area (Å²) in [6, 6.07) is 5.19. The molecule has 0 saturated carbocycles. The predicted octanol–water partition coefficient (Wildman–Crippen LogP) is 1.34. The lowest BCUT2D eigenvalue weighted by molar-refractivity contribution is -0.274. The lowest BCUT2D eigenvalue weighted by Gasteiger charge is -2.13. The number of urea groups is 1. The fraction of sp³-hybridized carbons (Fsp3) is 0.364. The number of primary amides is 1. The van der Waals surface area contributed by atoms with E-state index in [1.54, 1.807) is 6.07 Å². The second-order valence-corrected chi connectivity index (χ2v) is 3.62. The number of hydrogen-bond acceptors (Lipinski definition) is 3. The van der Waals surface area contributed by atoms with Crippen molar-refractivity contribution in [2.75, 3.05) is 13.1 Å². The molecule has 1 rings (SSSR count). The molecule has 0 spiro atoms. The summed E-state index contributed by atoms with van der Waals surface area (Å²) in [7, 11) is 0. The highest BCUT2D eigenvalue weighted by Crippen LogP contribution is 2.25. The number of carbonyl (C=O) groups excluding carboxylic acids is 1. The number of ether oxygens (including phenoxy) is 1. The van der Waals surface area contributed by atoms with Crippen LogP contribution in [0.4, 0.5) is 18.0 Å². The lowest BCUT2D eigenvalue weighted by Crippen LogP contribution is -2.35. The number of benzene rings is 1. The average molecular weight is 277 g/mol. The van der Waals surface area contributed by atoms with Gasteiger partial charge in [-0.15, -0.1) is 13.2 Å². The van der Waals surface area contributed by atoms with Crippen molar-refractivity contribution in [3.05, 3.63) is 29.8 Å². The summed E-state index contributed by atoms with van der Waals surface area (Å²) in [5.74, 6) is -0.245. The van der Waals surface area contributed by atoms with Gasteiger partial charge < -0.3 is 21.1 Å². The molecule has 8 heteroatoms. The van der Waals surface area contributed by atoms with Crippen LogP contribution in [0, 0.1) is 0 Å². The van der Waals surface area contributed by atoms with Crippen LogP contribution in [-0.2, 0) is 6.54 Å². The van der Waals surface area contributed by atoms with E-state index < -0.39 is 12.4 Å². The van der Waals surface area contributed by atoms with Crippen molar-refractivity contribution >= 4 is 6.03 Å². The molecule has 4 N–H and O–H groups in total. The quantitative estimate of drug-likeness (QED) is 0.687. The molecule has 0 unspecified atom stereocenters.